The summed E-state index contributed by atoms with van der Waals surface area (Å²) in [7, 11) is 1.37. The highest BCUT2D eigenvalue weighted by Crippen LogP contribution is 2.18. The second-order valence-corrected chi connectivity index (χ2v) is 4.91. The molecule has 0 atom stereocenters. The molecule has 0 fully saturated rings. The number of rotatable bonds is 4. The highest BCUT2D eigenvalue weighted by atomic mass is 32.2. The Hall–Kier alpha value is -1.89. The fraction of sp³-hybridized carbons (Fsp3) is 0.333. The Labute approximate surface area is 115 Å². The predicted molar refractivity (Wildman–Crippen MR) is 71.4 cm³/mol. The fourth-order valence-corrected chi connectivity index (χ4v) is 2.27. The number of esters is 1. The van der Waals surface area contributed by atoms with Gasteiger partial charge in [-0.1, -0.05) is 11.8 Å². The molecule has 0 saturated carbocycles. The SMILES string of the molecule is COC(=O)CSc1cc(-n2nc(C)cc2C)ncn1. The highest BCUT2D eigenvalue weighted by molar-refractivity contribution is 7.99. The van der Waals surface area contributed by atoms with E-state index >= 15 is 0 Å². The molecule has 2 aromatic heterocycles. The molecule has 0 aliphatic heterocycles. The van der Waals surface area contributed by atoms with Gasteiger partial charge in [0.05, 0.1) is 18.6 Å². The summed E-state index contributed by atoms with van der Waals surface area (Å²) in [6.45, 7) is 3.89. The molecule has 0 spiro atoms. The Morgan fingerprint density at radius 1 is 1.37 bits per heavy atom. The number of nitrogens with zero attached hydrogens (tertiary/aromatic N) is 4. The summed E-state index contributed by atoms with van der Waals surface area (Å²) in [4.78, 5) is 19.4. The van der Waals surface area contributed by atoms with Crippen molar-refractivity contribution < 1.29 is 9.53 Å². The number of aromatic nitrogens is 4. The van der Waals surface area contributed by atoms with E-state index in [4.69, 9.17) is 0 Å². The minimum atomic E-state index is -0.281. The summed E-state index contributed by atoms with van der Waals surface area (Å²) in [5.41, 5.74) is 1.93. The molecule has 0 amide bonds. The van der Waals surface area contributed by atoms with Gasteiger partial charge in [-0.3, -0.25) is 4.79 Å². The van der Waals surface area contributed by atoms with Crippen LogP contribution in [-0.4, -0.2) is 38.6 Å². The minimum Gasteiger partial charge on any atom is -0.468 e. The van der Waals surface area contributed by atoms with E-state index in [2.05, 4.69) is 19.8 Å². The molecular weight excluding hydrogens is 264 g/mol. The average Bonchev–Trinajstić information content (AvgIpc) is 2.75. The molecule has 100 valence electrons. The van der Waals surface area contributed by atoms with E-state index < -0.39 is 0 Å². The van der Waals surface area contributed by atoms with Crippen LogP contribution in [-0.2, 0) is 9.53 Å². The van der Waals surface area contributed by atoms with E-state index in [0.29, 0.717) is 10.8 Å². The van der Waals surface area contributed by atoms with Crippen molar-refractivity contribution in [2.75, 3.05) is 12.9 Å². The quantitative estimate of drug-likeness (QED) is 0.480. The molecule has 7 heteroatoms. The van der Waals surface area contributed by atoms with Gasteiger partial charge in [0.15, 0.2) is 5.82 Å². The van der Waals surface area contributed by atoms with Crippen molar-refractivity contribution in [1.82, 2.24) is 19.7 Å². The van der Waals surface area contributed by atoms with Crippen molar-refractivity contribution in [3.63, 3.8) is 0 Å². The zero-order valence-electron chi connectivity index (χ0n) is 11.0. The topological polar surface area (TPSA) is 69.9 Å². The molecule has 2 heterocycles. The van der Waals surface area contributed by atoms with Gasteiger partial charge in [0.2, 0.25) is 0 Å². The van der Waals surface area contributed by atoms with E-state index in [0.717, 1.165) is 11.4 Å². The smallest absolute Gasteiger partial charge is 0.316 e. The van der Waals surface area contributed by atoms with Gasteiger partial charge in [0, 0.05) is 11.8 Å². The third kappa shape index (κ3) is 3.31. The Morgan fingerprint density at radius 2 is 2.16 bits per heavy atom. The third-order valence-corrected chi connectivity index (χ3v) is 3.32. The lowest BCUT2D eigenvalue weighted by Crippen LogP contribution is -2.05. The molecule has 0 saturated heterocycles. The van der Waals surface area contributed by atoms with Crippen LogP contribution in [0.25, 0.3) is 5.82 Å². The number of thioether (sulfide) groups is 1. The standard InChI is InChI=1S/C12H14N4O2S/c1-8-4-9(2)16(15-8)10-5-11(14-7-13-10)19-6-12(17)18-3/h4-5,7H,6H2,1-3H3. The highest BCUT2D eigenvalue weighted by Gasteiger charge is 2.08. The van der Waals surface area contributed by atoms with Gasteiger partial charge in [-0.15, -0.1) is 0 Å². The number of hydrogen-bond donors (Lipinski definition) is 0. The zero-order valence-corrected chi connectivity index (χ0v) is 11.8. The first-order chi connectivity index (χ1) is 9.10. The van der Waals surface area contributed by atoms with Crippen molar-refractivity contribution in [2.45, 2.75) is 18.9 Å². The van der Waals surface area contributed by atoms with Crippen molar-refractivity contribution in [1.29, 1.82) is 0 Å². The maximum atomic E-state index is 11.1. The lowest BCUT2D eigenvalue weighted by atomic mass is 10.4. The summed E-state index contributed by atoms with van der Waals surface area (Å²) in [5.74, 6) is 0.633. The van der Waals surface area contributed by atoms with Crippen molar-refractivity contribution in [3.8, 4) is 5.82 Å². The van der Waals surface area contributed by atoms with Crippen molar-refractivity contribution in [3.05, 3.63) is 29.8 Å². The maximum absolute atomic E-state index is 11.1. The van der Waals surface area contributed by atoms with Gasteiger partial charge < -0.3 is 4.74 Å². The van der Waals surface area contributed by atoms with Gasteiger partial charge >= 0.3 is 5.97 Å². The van der Waals surface area contributed by atoms with Crippen molar-refractivity contribution >= 4 is 17.7 Å². The van der Waals surface area contributed by atoms with Gasteiger partial charge in [0.25, 0.3) is 0 Å². The predicted octanol–water partition coefficient (Wildman–Crippen LogP) is 1.54. The van der Waals surface area contributed by atoms with Crippen LogP contribution in [0.4, 0.5) is 0 Å². The van der Waals surface area contributed by atoms with Crippen molar-refractivity contribution in [2.24, 2.45) is 0 Å². The third-order valence-electron chi connectivity index (χ3n) is 2.42. The Kier molecular flexibility index (Phi) is 4.16. The van der Waals surface area contributed by atoms with Crippen LogP contribution in [0.3, 0.4) is 0 Å². The molecule has 0 aromatic carbocycles. The molecule has 2 aromatic rings. The van der Waals surface area contributed by atoms with E-state index in [-0.39, 0.29) is 11.7 Å². The molecular formula is C12H14N4O2S. The molecule has 6 nitrogen and oxygen atoms in total. The summed E-state index contributed by atoms with van der Waals surface area (Å²) in [5, 5.41) is 5.07. The summed E-state index contributed by atoms with van der Waals surface area (Å²) >= 11 is 1.31. The van der Waals surface area contributed by atoms with E-state index in [1.165, 1.54) is 25.2 Å². The van der Waals surface area contributed by atoms with E-state index in [1.54, 1.807) is 10.7 Å². The lowest BCUT2D eigenvalue weighted by molar-refractivity contribution is -0.137. The summed E-state index contributed by atoms with van der Waals surface area (Å²) in [6.07, 6.45) is 1.46. The number of methoxy groups -OCH3 is 1. The van der Waals surface area contributed by atoms with Crippen LogP contribution in [0.5, 0.6) is 0 Å². The van der Waals surface area contributed by atoms with Crippen LogP contribution in [0, 0.1) is 13.8 Å². The number of hydrogen-bond acceptors (Lipinski definition) is 6. The largest absolute Gasteiger partial charge is 0.468 e. The van der Waals surface area contributed by atoms with Crippen LogP contribution in [0.15, 0.2) is 23.5 Å². The molecule has 0 aliphatic rings. The van der Waals surface area contributed by atoms with Gasteiger partial charge in [-0.05, 0) is 19.9 Å². The molecule has 0 unspecified atom stereocenters. The Morgan fingerprint density at radius 3 is 2.79 bits per heavy atom. The molecule has 0 radical (unpaired) electrons. The number of carbonyl (C=O) groups is 1. The van der Waals surface area contributed by atoms with Gasteiger partial charge in [-0.25, -0.2) is 14.6 Å². The molecule has 0 N–H and O–H groups in total. The summed E-state index contributed by atoms with van der Waals surface area (Å²) < 4.78 is 6.34. The molecule has 0 bridgehead atoms. The first kappa shape index (κ1) is 13.5. The average molecular weight is 278 g/mol. The zero-order chi connectivity index (χ0) is 13.8. The number of ether oxygens (including phenoxy) is 1. The molecule has 0 aliphatic carbocycles. The van der Waals surface area contributed by atoms with Crippen LogP contribution in [0.1, 0.15) is 11.4 Å². The number of carbonyl (C=O) groups excluding carboxylic acids is 1. The monoisotopic (exact) mass is 278 g/mol. The number of aryl methyl sites for hydroxylation is 2. The second-order valence-electron chi connectivity index (χ2n) is 3.92. The maximum Gasteiger partial charge on any atom is 0.316 e. The Balaban J connectivity index is 2.19. The summed E-state index contributed by atoms with van der Waals surface area (Å²) in [6, 6.07) is 3.77. The van der Waals surface area contributed by atoms with Gasteiger partial charge in [-0.2, -0.15) is 5.10 Å². The molecule has 2 rings (SSSR count). The van der Waals surface area contributed by atoms with Crippen LogP contribution < -0.4 is 0 Å². The first-order valence-corrected chi connectivity index (χ1v) is 6.64. The van der Waals surface area contributed by atoms with Crippen LogP contribution in [0.2, 0.25) is 0 Å². The van der Waals surface area contributed by atoms with Gasteiger partial charge in [0.1, 0.15) is 11.4 Å². The van der Waals surface area contributed by atoms with Crippen LogP contribution >= 0.6 is 11.8 Å². The molecule has 19 heavy (non-hydrogen) atoms. The first-order valence-electron chi connectivity index (χ1n) is 5.65. The minimum absolute atomic E-state index is 0.226. The fourth-order valence-electron chi connectivity index (χ4n) is 1.58. The second kappa shape index (κ2) is 5.83. The van der Waals surface area contributed by atoms with E-state index in [9.17, 15) is 4.79 Å². The lowest BCUT2D eigenvalue weighted by Gasteiger charge is -2.04. The normalized spacial score (nSPS) is 10.5. The Bertz CT molecular complexity index is 597. The van der Waals surface area contributed by atoms with E-state index in [1.807, 2.05) is 19.9 Å².